The third kappa shape index (κ3) is 7.49. The molecule has 252 valence electrons. The maximum atomic E-state index is 13.3. The van der Waals surface area contributed by atoms with Crippen LogP contribution in [-0.2, 0) is 4.79 Å². The predicted octanol–water partition coefficient (Wildman–Crippen LogP) is 3.70. The van der Waals surface area contributed by atoms with Crippen LogP contribution in [0.4, 0.5) is 22.7 Å². The summed E-state index contributed by atoms with van der Waals surface area (Å²) in [6, 6.07) is 0. The number of halogens is 1. The molecule has 12 N–H and O–H groups in total. The number of amides is 5. The molecule has 0 atom stereocenters. The van der Waals surface area contributed by atoms with E-state index in [1.165, 1.54) is 18.6 Å². The molecule has 18 heteroatoms. The van der Waals surface area contributed by atoms with E-state index in [0.717, 1.165) is 0 Å². The molecule has 0 fully saturated rings. The molecule has 0 aliphatic rings. The molecular formula is C30H34BrN11O6. The van der Waals surface area contributed by atoms with E-state index in [4.69, 9.17) is 10.9 Å². The number of aryl methyl sites for hydroxylation is 1. The van der Waals surface area contributed by atoms with Crippen LogP contribution >= 0.6 is 15.9 Å². The highest BCUT2D eigenvalue weighted by molar-refractivity contribution is 9.12. The number of hydrogen-bond acceptors (Lipinski definition) is 7. The van der Waals surface area contributed by atoms with Crippen molar-refractivity contribution in [3.8, 4) is 0 Å². The number of amidine groups is 1. The second-order valence-electron chi connectivity index (χ2n) is 10.6. The largest absolute Gasteiger partial charge is 0.409 e. The van der Waals surface area contributed by atoms with Crippen LogP contribution in [0.25, 0.3) is 0 Å². The third-order valence-electron chi connectivity index (χ3n) is 7.43. The Balaban J connectivity index is 1.42. The summed E-state index contributed by atoms with van der Waals surface area (Å²) in [7, 11) is 0. The molecule has 48 heavy (non-hydrogen) atoms. The number of nitrogens with two attached hydrogens (primary N) is 1. The predicted molar refractivity (Wildman–Crippen MR) is 183 cm³/mol. The molecule has 0 radical (unpaired) electrons. The van der Waals surface area contributed by atoms with Crippen molar-refractivity contribution in [1.29, 1.82) is 0 Å². The Morgan fingerprint density at radius 2 is 1.17 bits per heavy atom. The van der Waals surface area contributed by atoms with Gasteiger partial charge in [0.2, 0.25) is 0 Å². The number of carbonyl (C=O) groups excluding carboxylic acids is 5. The lowest BCUT2D eigenvalue weighted by molar-refractivity contribution is -0.112. The first-order valence-electron chi connectivity index (χ1n) is 14.3. The summed E-state index contributed by atoms with van der Waals surface area (Å²) in [5.74, 6) is -2.57. The van der Waals surface area contributed by atoms with Gasteiger partial charge in [0, 0.05) is 54.4 Å². The lowest BCUT2D eigenvalue weighted by Crippen LogP contribution is -2.28. The Morgan fingerprint density at radius 1 is 0.729 bits per heavy atom. The van der Waals surface area contributed by atoms with Gasteiger partial charge in [0.15, 0.2) is 0 Å². The van der Waals surface area contributed by atoms with E-state index in [1.54, 1.807) is 33.9 Å². The number of aromatic nitrogens is 4. The smallest absolute Gasteiger partial charge is 0.274 e. The van der Waals surface area contributed by atoms with E-state index in [9.17, 15) is 24.0 Å². The molecule has 17 nitrogen and oxygen atoms in total. The first-order chi connectivity index (χ1) is 22.7. The van der Waals surface area contributed by atoms with Crippen molar-refractivity contribution in [2.45, 2.75) is 34.1 Å². The van der Waals surface area contributed by atoms with Crippen LogP contribution in [0.1, 0.15) is 70.6 Å². The average molecular weight is 725 g/mol. The van der Waals surface area contributed by atoms with E-state index >= 15 is 0 Å². The number of nitrogens with one attached hydrogen (secondary N) is 9. The van der Waals surface area contributed by atoms with Crippen molar-refractivity contribution in [2.75, 3.05) is 27.8 Å². The fourth-order valence-corrected chi connectivity index (χ4v) is 4.72. The minimum Gasteiger partial charge on any atom is -0.409 e. The number of aromatic amines is 4. The first kappa shape index (κ1) is 34.8. The normalized spacial score (nSPS) is 11.1. The summed E-state index contributed by atoms with van der Waals surface area (Å²) in [6.07, 6.45) is 6.12. The van der Waals surface area contributed by atoms with Crippen molar-refractivity contribution >= 4 is 74.1 Å². The van der Waals surface area contributed by atoms with Crippen molar-refractivity contribution < 1.29 is 29.2 Å². The minimum absolute atomic E-state index is 0.0258. The topological polar surface area (TPSA) is 267 Å². The van der Waals surface area contributed by atoms with Gasteiger partial charge in [0.1, 0.15) is 28.6 Å². The van der Waals surface area contributed by atoms with Gasteiger partial charge in [-0.3, -0.25) is 24.0 Å². The Hall–Kier alpha value is -6.04. The average Bonchev–Trinajstić information content (AvgIpc) is 3.80. The van der Waals surface area contributed by atoms with Gasteiger partial charge in [-0.1, -0.05) is 11.7 Å². The van der Waals surface area contributed by atoms with Crippen LogP contribution < -0.4 is 32.3 Å². The van der Waals surface area contributed by atoms with Crippen molar-refractivity contribution in [1.82, 2.24) is 25.3 Å². The molecule has 4 heterocycles. The molecule has 0 aliphatic carbocycles. The Bertz CT molecular complexity index is 1960. The maximum absolute atomic E-state index is 13.3. The Morgan fingerprint density at radius 3 is 1.67 bits per heavy atom. The highest BCUT2D eigenvalue weighted by Gasteiger charge is 2.24. The molecular weight excluding hydrogens is 690 g/mol. The summed E-state index contributed by atoms with van der Waals surface area (Å²) in [6.45, 7) is 10.3. The second kappa shape index (κ2) is 14.6. The van der Waals surface area contributed by atoms with E-state index in [-0.39, 0.29) is 51.7 Å². The van der Waals surface area contributed by atoms with Gasteiger partial charge >= 0.3 is 0 Å². The lowest BCUT2D eigenvalue weighted by atomic mass is 10.2. The summed E-state index contributed by atoms with van der Waals surface area (Å²) in [5.41, 5.74) is 9.36. The molecule has 0 bridgehead atoms. The molecule has 4 aromatic rings. The standard InChI is InChI=1S/C30H34BrN11O6/c1-12-8-34-25(21(12)41-29(46)24-14(3)17(9-37-24)38-26(43)16(5)31)30(47)40-19-11-36-23(15(19)4)28(45)39-18-10-35-22(13(18)2)27(44)33-7-6-20(32)42-48/h8-11,34-37,48H,5-7H2,1-4H3,(H2,32,42)(H,33,44)(H,38,43)(H,39,45)(H,40,47)(H,41,46). The highest BCUT2D eigenvalue weighted by Crippen LogP contribution is 2.27. The zero-order valence-corrected chi connectivity index (χ0v) is 27.9. The van der Waals surface area contributed by atoms with Crippen LogP contribution in [0.15, 0.2) is 41.0 Å². The monoisotopic (exact) mass is 723 g/mol. The molecule has 4 rings (SSSR count). The number of hydrogen-bond donors (Lipinski definition) is 11. The van der Waals surface area contributed by atoms with Crippen molar-refractivity contribution in [3.05, 3.63) is 80.9 Å². The van der Waals surface area contributed by atoms with Crippen LogP contribution in [0.3, 0.4) is 0 Å². The number of oxime groups is 1. The van der Waals surface area contributed by atoms with Crippen LogP contribution in [0.5, 0.6) is 0 Å². The summed E-state index contributed by atoms with van der Waals surface area (Å²) in [5, 5.41) is 25.0. The number of anilines is 4. The fourth-order valence-electron chi connectivity index (χ4n) is 4.62. The lowest BCUT2D eigenvalue weighted by Gasteiger charge is -2.10. The van der Waals surface area contributed by atoms with Crippen LogP contribution in [0.2, 0.25) is 0 Å². The number of rotatable bonds is 12. The summed E-state index contributed by atoms with van der Waals surface area (Å²) < 4.78 is 0.124. The van der Waals surface area contributed by atoms with Gasteiger partial charge in [-0.05, 0) is 49.2 Å². The van der Waals surface area contributed by atoms with Gasteiger partial charge in [-0.15, -0.1) is 0 Å². The minimum atomic E-state index is -0.580. The summed E-state index contributed by atoms with van der Waals surface area (Å²) in [4.78, 5) is 75.5. The maximum Gasteiger partial charge on any atom is 0.274 e. The SMILES string of the molecule is C=C(Br)C(=O)Nc1c[nH]c(C(=O)Nc2c(C)c[nH]c2C(=O)Nc2c[nH]c(C(=O)Nc3c[nH]c(C(=O)NCCC(N)=NO)c3C)c2C)c1C. The van der Waals surface area contributed by atoms with Crippen molar-refractivity contribution in [3.63, 3.8) is 0 Å². The quantitative estimate of drug-likeness (QED) is 0.0339. The highest BCUT2D eigenvalue weighted by atomic mass is 79.9. The summed E-state index contributed by atoms with van der Waals surface area (Å²) >= 11 is 3.01. The Kier molecular flexibility index (Phi) is 10.6. The van der Waals surface area contributed by atoms with Crippen LogP contribution in [0, 0.1) is 27.7 Å². The van der Waals surface area contributed by atoms with Gasteiger partial charge in [-0.2, -0.15) is 0 Å². The van der Waals surface area contributed by atoms with E-state index < -0.39 is 29.5 Å². The zero-order chi connectivity index (χ0) is 35.3. The van der Waals surface area contributed by atoms with Gasteiger partial charge in [0.25, 0.3) is 29.5 Å². The van der Waals surface area contributed by atoms with Gasteiger partial charge in [0.05, 0.1) is 27.2 Å². The van der Waals surface area contributed by atoms with Gasteiger partial charge < -0.3 is 57.5 Å². The molecule has 4 aromatic heterocycles. The van der Waals surface area contributed by atoms with E-state index in [1.807, 2.05) is 0 Å². The molecule has 0 aliphatic heterocycles. The third-order valence-corrected chi connectivity index (χ3v) is 7.79. The van der Waals surface area contributed by atoms with Crippen molar-refractivity contribution in [2.24, 2.45) is 10.9 Å². The van der Waals surface area contributed by atoms with E-state index in [0.29, 0.717) is 39.3 Å². The van der Waals surface area contributed by atoms with Crippen LogP contribution in [-0.4, -0.2) is 67.1 Å². The second-order valence-corrected chi connectivity index (χ2v) is 11.6. The molecule has 0 aromatic carbocycles. The molecule has 0 saturated heterocycles. The van der Waals surface area contributed by atoms with E-state index in [2.05, 4.69) is 74.2 Å². The zero-order valence-electron chi connectivity index (χ0n) is 26.3. The molecule has 0 spiro atoms. The molecule has 5 amide bonds. The first-order valence-corrected chi connectivity index (χ1v) is 15.1. The Labute approximate surface area is 281 Å². The number of H-pyrrole nitrogens is 4. The number of carbonyl (C=O) groups is 5. The number of nitrogens with zero attached hydrogens (tertiary/aromatic N) is 1. The fraction of sp³-hybridized carbons (Fsp3) is 0.200. The molecule has 0 unspecified atom stereocenters. The van der Waals surface area contributed by atoms with Gasteiger partial charge in [-0.25, -0.2) is 0 Å². The molecule has 0 saturated carbocycles.